The molecule has 2 aromatic heterocycles. The van der Waals surface area contributed by atoms with E-state index in [1.54, 1.807) is 48.5 Å². The highest BCUT2D eigenvalue weighted by atomic mass is 19.4. The first-order valence-electron chi connectivity index (χ1n) is 11.9. The maximum absolute atomic E-state index is 13.2. The van der Waals surface area contributed by atoms with Gasteiger partial charge in [0, 0.05) is 43.0 Å². The van der Waals surface area contributed by atoms with Crippen molar-refractivity contribution in [2.75, 3.05) is 44.7 Å². The second-order valence-electron chi connectivity index (χ2n) is 8.61. The molecule has 2 N–H and O–H groups in total. The van der Waals surface area contributed by atoms with Crippen molar-refractivity contribution in [1.82, 2.24) is 24.8 Å². The highest BCUT2D eigenvalue weighted by Gasteiger charge is 2.30. The van der Waals surface area contributed by atoms with Crippen LogP contribution in [-0.4, -0.2) is 64.8 Å². The van der Waals surface area contributed by atoms with Crippen molar-refractivity contribution >= 4 is 23.2 Å². The monoisotopic (exact) mass is 510 g/mol. The van der Waals surface area contributed by atoms with Gasteiger partial charge in [-0.05, 0) is 48.5 Å². The minimum atomic E-state index is -4.44. The van der Waals surface area contributed by atoms with Gasteiger partial charge in [-0.25, -0.2) is 4.52 Å². The molecule has 4 aromatic rings. The Morgan fingerprint density at radius 2 is 1.76 bits per heavy atom. The van der Waals surface area contributed by atoms with E-state index in [1.807, 2.05) is 0 Å². The maximum atomic E-state index is 13.2. The van der Waals surface area contributed by atoms with Gasteiger partial charge in [-0.3, -0.25) is 9.69 Å². The summed E-state index contributed by atoms with van der Waals surface area (Å²) in [5.74, 6) is 0.124. The Morgan fingerprint density at radius 1 is 1.00 bits per heavy atom. The molecule has 0 bridgehead atoms. The summed E-state index contributed by atoms with van der Waals surface area (Å²) in [6, 6.07) is 17.1. The maximum Gasteiger partial charge on any atom is 0.416 e. The van der Waals surface area contributed by atoms with Crippen LogP contribution in [0.2, 0.25) is 0 Å². The first-order chi connectivity index (χ1) is 17.9. The Balaban J connectivity index is 1.26. The fraction of sp³-hybridized carbons (Fsp3) is 0.269. The number of carbonyl (C=O) groups is 1. The summed E-state index contributed by atoms with van der Waals surface area (Å²) in [5.41, 5.74) is 1.80. The molecule has 1 saturated heterocycles. The molecule has 0 unspecified atom stereocenters. The summed E-state index contributed by atoms with van der Waals surface area (Å²) in [7, 11) is 0. The minimum absolute atomic E-state index is 0.156. The Hall–Kier alpha value is -3.96. The molecule has 0 aliphatic carbocycles. The predicted molar refractivity (Wildman–Crippen MR) is 133 cm³/mol. The van der Waals surface area contributed by atoms with Crippen LogP contribution in [0.4, 0.5) is 24.8 Å². The van der Waals surface area contributed by atoms with Crippen molar-refractivity contribution in [1.29, 1.82) is 0 Å². The fourth-order valence-electron chi connectivity index (χ4n) is 4.12. The molecule has 8 nitrogen and oxygen atoms in total. The van der Waals surface area contributed by atoms with E-state index in [-0.39, 0.29) is 11.9 Å². The highest BCUT2D eigenvalue weighted by Crippen LogP contribution is 2.32. The van der Waals surface area contributed by atoms with Gasteiger partial charge in [0.15, 0.2) is 5.65 Å². The van der Waals surface area contributed by atoms with E-state index < -0.39 is 11.7 Å². The molecule has 1 fully saturated rings. The van der Waals surface area contributed by atoms with E-state index in [1.165, 1.54) is 10.6 Å². The molecule has 1 amide bonds. The third-order valence-electron chi connectivity index (χ3n) is 6.07. The highest BCUT2D eigenvalue weighted by molar-refractivity contribution is 5.94. The molecule has 37 heavy (non-hydrogen) atoms. The number of nitrogens with zero attached hydrogens (tertiary/aromatic N) is 4. The SMILES string of the molecule is O=C(NCCN1CCOCC1)c1ccc(Nc2nc3cccc(-c4cccc(C(F)(F)F)c4)n3n2)cc1. The third-order valence-corrected chi connectivity index (χ3v) is 6.07. The lowest BCUT2D eigenvalue weighted by Crippen LogP contribution is -2.41. The van der Waals surface area contributed by atoms with Crippen molar-refractivity contribution in [2.24, 2.45) is 0 Å². The number of amides is 1. The number of hydrogen-bond donors (Lipinski definition) is 2. The second-order valence-corrected chi connectivity index (χ2v) is 8.61. The van der Waals surface area contributed by atoms with Crippen LogP contribution in [0.1, 0.15) is 15.9 Å². The van der Waals surface area contributed by atoms with E-state index in [9.17, 15) is 18.0 Å². The average molecular weight is 511 g/mol. The van der Waals surface area contributed by atoms with Crippen LogP contribution in [0.15, 0.2) is 66.7 Å². The fourth-order valence-corrected chi connectivity index (χ4v) is 4.12. The smallest absolute Gasteiger partial charge is 0.379 e. The number of ether oxygens (including phenoxy) is 1. The van der Waals surface area contributed by atoms with Crippen LogP contribution in [0.25, 0.3) is 16.9 Å². The summed E-state index contributed by atoms with van der Waals surface area (Å²) >= 11 is 0. The van der Waals surface area contributed by atoms with Crippen LogP contribution >= 0.6 is 0 Å². The van der Waals surface area contributed by atoms with Crippen LogP contribution in [0.5, 0.6) is 0 Å². The molecule has 2 aromatic carbocycles. The number of fused-ring (bicyclic) bond motifs is 1. The number of aromatic nitrogens is 3. The van der Waals surface area contributed by atoms with Gasteiger partial charge in [-0.2, -0.15) is 18.2 Å². The summed E-state index contributed by atoms with van der Waals surface area (Å²) in [6.45, 7) is 4.50. The summed E-state index contributed by atoms with van der Waals surface area (Å²) in [5, 5.41) is 10.5. The zero-order valence-electron chi connectivity index (χ0n) is 19.8. The van der Waals surface area contributed by atoms with Gasteiger partial charge in [-0.15, -0.1) is 5.10 Å². The van der Waals surface area contributed by atoms with Crippen molar-refractivity contribution in [3.05, 3.63) is 77.9 Å². The lowest BCUT2D eigenvalue weighted by molar-refractivity contribution is -0.137. The van der Waals surface area contributed by atoms with E-state index in [2.05, 4.69) is 25.6 Å². The standard InChI is InChI=1S/C26H25F3N6O2/c27-26(28,29)20-4-1-3-19(17-20)22-5-2-6-23-32-25(33-35(22)23)31-21-9-7-18(8-10-21)24(36)30-11-12-34-13-15-37-16-14-34/h1-10,17H,11-16H2,(H,30,36)(H,31,33). The van der Waals surface area contributed by atoms with Crippen LogP contribution < -0.4 is 10.6 Å². The van der Waals surface area contributed by atoms with Crippen LogP contribution in [0, 0.1) is 0 Å². The third kappa shape index (κ3) is 5.89. The van der Waals surface area contributed by atoms with Gasteiger partial charge in [-0.1, -0.05) is 18.2 Å². The zero-order valence-corrected chi connectivity index (χ0v) is 19.8. The molecule has 192 valence electrons. The Morgan fingerprint density at radius 3 is 2.51 bits per heavy atom. The van der Waals surface area contributed by atoms with Crippen LogP contribution in [-0.2, 0) is 10.9 Å². The number of anilines is 2. The number of nitrogens with one attached hydrogen (secondary N) is 2. The molecule has 0 atom stereocenters. The van der Waals surface area contributed by atoms with Crippen LogP contribution in [0.3, 0.4) is 0 Å². The molecule has 1 aliphatic heterocycles. The summed E-state index contributed by atoms with van der Waals surface area (Å²) < 4.78 is 46.4. The number of rotatable bonds is 7. The van der Waals surface area contributed by atoms with Crippen molar-refractivity contribution in [3.63, 3.8) is 0 Å². The number of pyridine rings is 1. The van der Waals surface area contributed by atoms with Crippen molar-refractivity contribution in [2.45, 2.75) is 6.18 Å². The first kappa shape index (κ1) is 24.7. The second kappa shape index (κ2) is 10.6. The lowest BCUT2D eigenvalue weighted by atomic mass is 10.1. The van der Waals surface area contributed by atoms with Crippen molar-refractivity contribution < 1.29 is 22.7 Å². The van der Waals surface area contributed by atoms with Gasteiger partial charge < -0.3 is 15.4 Å². The van der Waals surface area contributed by atoms with E-state index in [4.69, 9.17) is 4.74 Å². The number of hydrogen-bond acceptors (Lipinski definition) is 6. The molecule has 0 saturated carbocycles. The van der Waals surface area contributed by atoms with E-state index in [0.717, 1.165) is 45.0 Å². The van der Waals surface area contributed by atoms with E-state index in [0.29, 0.717) is 34.7 Å². The van der Waals surface area contributed by atoms with Gasteiger partial charge >= 0.3 is 6.18 Å². The molecule has 5 rings (SSSR count). The average Bonchev–Trinajstić information content (AvgIpc) is 3.32. The topological polar surface area (TPSA) is 83.8 Å². The van der Waals surface area contributed by atoms with Gasteiger partial charge in [0.25, 0.3) is 5.91 Å². The molecular formula is C26H25F3N6O2. The predicted octanol–water partition coefficient (Wildman–Crippen LogP) is 4.22. The molecule has 3 heterocycles. The number of alkyl halides is 3. The molecule has 11 heteroatoms. The minimum Gasteiger partial charge on any atom is -0.379 e. The molecule has 1 aliphatic rings. The Bertz CT molecular complexity index is 1380. The van der Waals surface area contributed by atoms with Gasteiger partial charge in [0.05, 0.1) is 24.5 Å². The number of carbonyl (C=O) groups excluding carboxylic acids is 1. The molecule has 0 spiro atoms. The lowest BCUT2D eigenvalue weighted by Gasteiger charge is -2.26. The number of halogens is 3. The molecule has 0 radical (unpaired) electrons. The van der Waals surface area contributed by atoms with Gasteiger partial charge in [0.2, 0.25) is 5.95 Å². The summed E-state index contributed by atoms with van der Waals surface area (Å²) in [6.07, 6.45) is -4.44. The zero-order chi connectivity index (χ0) is 25.8. The van der Waals surface area contributed by atoms with E-state index >= 15 is 0 Å². The number of benzene rings is 2. The molecular weight excluding hydrogens is 485 g/mol. The summed E-state index contributed by atoms with van der Waals surface area (Å²) in [4.78, 5) is 19.1. The Labute approximate surface area is 211 Å². The van der Waals surface area contributed by atoms with Gasteiger partial charge in [0.1, 0.15) is 0 Å². The van der Waals surface area contributed by atoms with Crippen molar-refractivity contribution in [3.8, 4) is 11.3 Å². The quantitative estimate of drug-likeness (QED) is 0.388. The Kier molecular flexibility index (Phi) is 7.06. The number of morpholine rings is 1. The largest absolute Gasteiger partial charge is 0.416 e. The first-order valence-corrected chi connectivity index (χ1v) is 11.9. The normalized spacial score (nSPS) is 14.6.